The molecule has 0 fully saturated rings. The summed E-state index contributed by atoms with van der Waals surface area (Å²) in [7, 11) is 0. The molecule has 218 valence electrons. The molecule has 2 heterocycles. The summed E-state index contributed by atoms with van der Waals surface area (Å²) < 4.78 is 9.02. The van der Waals surface area contributed by atoms with Gasteiger partial charge in [-0.2, -0.15) is 5.26 Å². The van der Waals surface area contributed by atoms with Crippen LogP contribution >= 0.6 is 38.9 Å². The third-order valence-corrected chi connectivity index (χ3v) is 9.00. The smallest absolute Gasteiger partial charge is 0.271 e. The van der Waals surface area contributed by atoms with Crippen LogP contribution in [0.5, 0.6) is 5.75 Å². The summed E-state index contributed by atoms with van der Waals surface area (Å²) in [6.07, 6.45) is 1.78. The van der Waals surface area contributed by atoms with Gasteiger partial charge in [-0.1, -0.05) is 69.2 Å². The van der Waals surface area contributed by atoms with Crippen LogP contribution < -0.4 is 19.6 Å². The molecule has 5 rings (SSSR count). The fourth-order valence-corrected chi connectivity index (χ4v) is 6.59. The lowest BCUT2D eigenvalue weighted by molar-refractivity contribution is -0.127. The minimum atomic E-state index is -0.663. The van der Waals surface area contributed by atoms with Crippen LogP contribution in [0, 0.1) is 11.3 Å². The van der Waals surface area contributed by atoms with Gasteiger partial charge in [-0.25, -0.2) is 4.99 Å². The number of nitrogens with zero attached hydrogens (tertiary/aromatic N) is 4. The molecule has 0 spiro atoms. The summed E-state index contributed by atoms with van der Waals surface area (Å²) in [6, 6.07) is 21.6. The van der Waals surface area contributed by atoms with Gasteiger partial charge in [0.25, 0.3) is 11.5 Å². The summed E-state index contributed by atoms with van der Waals surface area (Å²) >= 11 is 11.0. The van der Waals surface area contributed by atoms with Crippen molar-refractivity contribution in [3.05, 3.63) is 129 Å². The molecule has 43 heavy (non-hydrogen) atoms. The van der Waals surface area contributed by atoms with E-state index in [0.29, 0.717) is 55.6 Å². The van der Waals surface area contributed by atoms with Gasteiger partial charge in [0.05, 0.1) is 33.5 Å². The largest absolute Gasteiger partial charge is 0.488 e. The van der Waals surface area contributed by atoms with E-state index in [0.717, 1.165) is 15.6 Å². The number of fused-ring (bicyclic) bond motifs is 1. The Bertz CT molecular complexity index is 1950. The van der Waals surface area contributed by atoms with E-state index >= 15 is 0 Å². The first kappa shape index (κ1) is 30.5. The number of carbonyl (C=O) groups excluding carboxylic acids is 1. The first-order valence-corrected chi connectivity index (χ1v) is 15.7. The Morgan fingerprint density at radius 1 is 1.16 bits per heavy atom. The van der Waals surface area contributed by atoms with Crippen LogP contribution in [0.3, 0.4) is 0 Å². The molecular weight excluding hydrogens is 648 g/mol. The van der Waals surface area contributed by atoms with Crippen LogP contribution in [0.25, 0.3) is 6.08 Å². The van der Waals surface area contributed by atoms with Gasteiger partial charge in [-0.15, -0.1) is 0 Å². The summed E-state index contributed by atoms with van der Waals surface area (Å²) in [5.41, 5.74) is 3.54. The zero-order valence-electron chi connectivity index (χ0n) is 23.8. The number of allylic oxidation sites excluding steroid dienone is 1. The number of aromatic nitrogens is 1. The van der Waals surface area contributed by atoms with Gasteiger partial charge in [-0.05, 0) is 68.8 Å². The normalized spacial score (nSPS) is 14.6. The number of amides is 1. The van der Waals surface area contributed by atoms with Crippen LogP contribution in [0.15, 0.2) is 92.3 Å². The fourth-order valence-electron chi connectivity index (χ4n) is 5.05. The van der Waals surface area contributed by atoms with E-state index in [1.165, 1.54) is 11.3 Å². The number of thiazole rings is 1. The number of halogens is 2. The molecule has 3 aromatic carbocycles. The van der Waals surface area contributed by atoms with Gasteiger partial charge in [0.1, 0.15) is 12.4 Å². The molecule has 1 aromatic heterocycles. The van der Waals surface area contributed by atoms with E-state index in [2.05, 4.69) is 22.0 Å². The van der Waals surface area contributed by atoms with Crippen LogP contribution in [-0.2, 0) is 11.4 Å². The minimum absolute atomic E-state index is 0.152. The molecule has 0 bridgehead atoms. The lowest BCUT2D eigenvalue weighted by Gasteiger charge is -2.29. The number of carbonyl (C=O) groups is 1. The Hall–Kier alpha value is -3.97. The van der Waals surface area contributed by atoms with Crippen molar-refractivity contribution in [1.82, 2.24) is 9.47 Å². The average molecular weight is 676 g/mol. The quantitative estimate of drug-likeness (QED) is 0.230. The second kappa shape index (κ2) is 13.1. The molecular formula is C33H28BrClN4O3S. The first-order chi connectivity index (χ1) is 20.7. The molecule has 0 saturated heterocycles. The number of hydrogen-bond donors (Lipinski definition) is 0. The number of benzene rings is 3. The van der Waals surface area contributed by atoms with E-state index in [4.69, 9.17) is 21.3 Å². The molecule has 1 amide bonds. The molecule has 1 atom stereocenters. The van der Waals surface area contributed by atoms with Crippen LogP contribution in [0.1, 0.15) is 49.1 Å². The monoisotopic (exact) mass is 674 g/mol. The number of hydrogen-bond acceptors (Lipinski definition) is 6. The summed E-state index contributed by atoms with van der Waals surface area (Å²) in [5.74, 6) is 0.408. The highest BCUT2D eigenvalue weighted by Crippen LogP contribution is 2.32. The van der Waals surface area contributed by atoms with Crippen molar-refractivity contribution in [2.24, 2.45) is 4.99 Å². The molecule has 0 N–H and O–H groups in total. The lowest BCUT2D eigenvalue weighted by Crippen LogP contribution is -2.43. The highest BCUT2D eigenvalue weighted by atomic mass is 79.9. The summed E-state index contributed by atoms with van der Waals surface area (Å²) in [5, 5.41) is 10.0. The van der Waals surface area contributed by atoms with Gasteiger partial charge in [0.2, 0.25) is 0 Å². The zero-order chi connectivity index (χ0) is 30.7. The van der Waals surface area contributed by atoms with Gasteiger partial charge < -0.3 is 9.64 Å². The molecule has 0 aliphatic carbocycles. The maximum Gasteiger partial charge on any atom is 0.271 e. The van der Waals surface area contributed by atoms with E-state index in [1.54, 1.807) is 33.7 Å². The predicted octanol–water partition coefficient (Wildman–Crippen LogP) is 5.97. The fraction of sp³-hybridized carbons (Fsp3) is 0.212. The van der Waals surface area contributed by atoms with Gasteiger partial charge >= 0.3 is 0 Å². The average Bonchev–Trinajstić information content (AvgIpc) is 3.31. The standard InChI is InChI=1S/C33H28BrClN4O3S/c1-4-38(5-2)32(41)29-20(3)37-33-39(30(29)21-10-13-26(35)14-11-21)31(40)28(43-33)17-24-16-25(34)12-15-27(24)42-19-23-9-7-6-8-22(23)18-36/h6-17,30H,4-5,19H2,1-3H3/b28-17+/t30-/m0/s1. The van der Waals surface area contributed by atoms with Crippen molar-refractivity contribution in [2.75, 3.05) is 13.1 Å². The topological polar surface area (TPSA) is 87.7 Å². The number of rotatable bonds is 8. The van der Waals surface area contributed by atoms with Gasteiger partial charge in [0.15, 0.2) is 4.80 Å². The lowest BCUT2D eigenvalue weighted by atomic mass is 9.94. The molecule has 0 unspecified atom stereocenters. The Balaban J connectivity index is 1.63. The molecule has 4 aromatic rings. The van der Waals surface area contributed by atoms with Crippen LogP contribution in [0.2, 0.25) is 5.02 Å². The maximum absolute atomic E-state index is 14.1. The second-order valence-corrected chi connectivity index (χ2v) is 12.2. The maximum atomic E-state index is 14.1. The second-order valence-electron chi connectivity index (χ2n) is 9.85. The van der Waals surface area contributed by atoms with Crippen molar-refractivity contribution >= 4 is 50.9 Å². The third-order valence-electron chi connectivity index (χ3n) is 7.27. The van der Waals surface area contributed by atoms with Crippen LogP contribution in [0.4, 0.5) is 0 Å². The SMILES string of the molecule is CCN(CC)C(=O)C1=C(C)N=c2s/c(=C/c3cc(Br)ccc3OCc3ccccc3C#N)c(=O)n2[C@H]1c1ccc(Cl)cc1. The summed E-state index contributed by atoms with van der Waals surface area (Å²) in [6.45, 7) is 6.94. The summed E-state index contributed by atoms with van der Waals surface area (Å²) in [4.78, 5) is 34.9. The highest BCUT2D eigenvalue weighted by molar-refractivity contribution is 9.10. The van der Waals surface area contributed by atoms with Crippen molar-refractivity contribution in [3.63, 3.8) is 0 Å². The van der Waals surface area contributed by atoms with Crippen LogP contribution in [-0.4, -0.2) is 28.5 Å². The zero-order valence-corrected chi connectivity index (χ0v) is 27.0. The van der Waals surface area contributed by atoms with E-state index in [9.17, 15) is 14.9 Å². The van der Waals surface area contributed by atoms with Gasteiger partial charge in [-0.3, -0.25) is 14.2 Å². The van der Waals surface area contributed by atoms with E-state index < -0.39 is 6.04 Å². The Morgan fingerprint density at radius 3 is 2.58 bits per heavy atom. The van der Waals surface area contributed by atoms with E-state index in [-0.39, 0.29) is 18.1 Å². The van der Waals surface area contributed by atoms with Gasteiger partial charge in [0, 0.05) is 33.7 Å². The third kappa shape index (κ3) is 6.23. The minimum Gasteiger partial charge on any atom is -0.488 e. The molecule has 0 radical (unpaired) electrons. The first-order valence-electron chi connectivity index (χ1n) is 13.7. The predicted molar refractivity (Wildman–Crippen MR) is 173 cm³/mol. The molecule has 0 saturated carbocycles. The number of likely N-dealkylation sites (N-methyl/N-ethyl adjacent to an activating group) is 1. The Labute approximate surface area is 266 Å². The number of ether oxygens (including phenoxy) is 1. The molecule has 10 heteroatoms. The van der Waals surface area contributed by atoms with Crippen molar-refractivity contribution in [1.29, 1.82) is 5.26 Å². The van der Waals surface area contributed by atoms with Crippen molar-refractivity contribution in [2.45, 2.75) is 33.4 Å². The van der Waals surface area contributed by atoms with E-state index in [1.807, 2.05) is 69.3 Å². The Kier molecular flexibility index (Phi) is 9.31. The molecule has 1 aliphatic heterocycles. The molecule has 1 aliphatic rings. The molecule has 7 nitrogen and oxygen atoms in total. The number of nitriles is 1. The Morgan fingerprint density at radius 2 is 1.88 bits per heavy atom. The van der Waals surface area contributed by atoms with Crippen molar-refractivity contribution in [3.8, 4) is 11.8 Å². The highest BCUT2D eigenvalue weighted by Gasteiger charge is 2.34. The van der Waals surface area contributed by atoms with Crippen molar-refractivity contribution < 1.29 is 9.53 Å².